The normalized spacial score (nSPS) is 13.8. The predicted octanol–water partition coefficient (Wildman–Crippen LogP) is 5.41. The van der Waals surface area contributed by atoms with Crippen molar-refractivity contribution in [3.8, 4) is 0 Å². The minimum atomic E-state index is -0.594. The minimum Gasteiger partial charge on any atom is -0.357 e. The zero-order valence-electron chi connectivity index (χ0n) is 14.8. The van der Waals surface area contributed by atoms with Crippen molar-refractivity contribution in [1.29, 1.82) is 0 Å². The number of aromatic nitrogens is 1. The number of benzene rings is 2. The highest BCUT2D eigenvalue weighted by molar-refractivity contribution is 6.31. The lowest BCUT2D eigenvalue weighted by atomic mass is 10.2. The maximum absolute atomic E-state index is 14.6. The second-order valence-corrected chi connectivity index (χ2v) is 7.01. The van der Waals surface area contributed by atoms with Crippen LogP contribution in [-0.2, 0) is 0 Å². The van der Waals surface area contributed by atoms with Crippen molar-refractivity contribution in [1.82, 2.24) is 4.98 Å². The molecule has 2 amide bonds. The average molecular weight is 403 g/mol. The largest absolute Gasteiger partial charge is 0.357 e. The lowest BCUT2D eigenvalue weighted by Gasteiger charge is -2.17. The molecule has 0 spiro atoms. The van der Waals surface area contributed by atoms with E-state index in [9.17, 15) is 13.6 Å². The second kappa shape index (κ2) is 7.59. The highest BCUT2D eigenvalue weighted by Gasteiger charge is 2.15. The van der Waals surface area contributed by atoms with Crippen LogP contribution in [0.4, 0.5) is 30.8 Å². The molecule has 1 aliphatic rings. The van der Waals surface area contributed by atoms with Gasteiger partial charge >= 0.3 is 6.03 Å². The fourth-order valence-electron chi connectivity index (χ4n) is 3.24. The zero-order chi connectivity index (χ0) is 19.7. The van der Waals surface area contributed by atoms with Gasteiger partial charge in [0.05, 0.1) is 5.02 Å². The van der Waals surface area contributed by atoms with E-state index in [1.165, 1.54) is 18.2 Å². The van der Waals surface area contributed by atoms with Gasteiger partial charge in [-0.1, -0.05) is 11.6 Å². The van der Waals surface area contributed by atoms with E-state index in [0.29, 0.717) is 11.1 Å². The summed E-state index contributed by atoms with van der Waals surface area (Å²) in [5, 5.41) is 5.57. The first-order chi connectivity index (χ1) is 13.5. The summed E-state index contributed by atoms with van der Waals surface area (Å²) in [6, 6.07) is 9.75. The fraction of sp³-hybridized carbons (Fsp3) is 0.200. The van der Waals surface area contributed by atoms with Crippen LogP contribution in [0.2, 0.25) is 5.02 Å². The van der Waals surface area contributed by atoms with Crippen LogP contribution in [0.1, 0.15) is 12.8 Å². The first-order valence-corrected chi connectivity index (χ1v) is 9.26. The number of halogens is 3. The Labute approximate surface area is 165 Å². The molecule has 0 bridgehead atoms. The number of fused-ring (bicyclic) bond motifs is 1. The molecular weight excluding hydrogens is 386 g/mol. The Morgan fingerprint density at radius 1 is 0.964 bits per heavy atom. The predicted molar refractivity (Wildman–Crippen MR) is 107 cm³/mol. The van der Waals surface area contributed by atoms with Gasteiger partial charge in [-0.25, -0.2) is 18.6 Å². The lowest BCUT2D eigenvalue weighted by Crippen LogP contribution is -2.20. The summed E-state index contributed by atoms with van der Waals surface area (Å²) in [6.07, 6.45) is 2.22. The van der Waals surface area contributed by atoms with Crippen LogP contribution in [0, 0.1) is 11.6 Å². The lowest BCUT2D eigenvalue weighted by molar-refractivity contribution is 0.262. The molecule has 0 saturated carbocycles. The van der Waals surface area contributed by atoms with E-state index in [0.717, 1.165) is 37.8 Å². The molecular formula is C20H17ClF2N4O. The molecule has 1 fully saturated rings. The van der Waals surface area contributed by atoms with E-state index < -0.39 is 17.7 Å². The number of hydrogen-bond donors (Lipinski definition) is 2. The Kier molecular flexibility index (Phi) is 5.00. The van der Waals surface area contributed by atoms with E-state index in [1.54, 1.807) is 12.1 Å². The maximum atomic E-state index is 14.6. The third-order valence-corrected chi connectivity index (χ3v) is 4.89. The first-order valence-electron chi connectivity index (χ1n) is 8.88. The van der Waals surface area contributed by atoms with Gasteiger partial charge in [0.1, 0.15) is 17.2 Å². The van der Waals surface area contributed by atoms with E-state index in [1.807, 2.05) is 6.07 Å². The molecule has 0 aliphatic carbocycles. The number of rotatable bonds is 3. The molecule has 5 nitrogen and oxygen atoms in total. The van der Waals surface area contributed by atoms with Gasteiger partial charge in [0.15, 0.2) is 5.82 Å². The van der Waals surface area contributed by atoms with E-state index in [2.05, 4.69) is 20.5 Å². The minimum absolute atomic E-state index is 0.102. The Morgan fingerprint density at radius 3 is 2.46 bits per heavy atom. The van der Waals surface area contributed by atoms with Crippen LogP contribution < -0.4 is 15.5 Å². The van der Waals surface area contributed by atoms with Crippen molar-refractivity contribution in [3.05, 3.63) is 59.1 Å². The summed E-state index contributed by atoms with van der Waals surface area (Å²) in [5.41, 5.74) is 0.870. The van der Waals surface area contributed by atoms with Crippen molar-refractivity contribution in [2.24, 2.45) is 0 Å². The van der Waals surface area contributed by atoms with Crippen LogP contribution in [0.25, 0.3) is 10.9 Å². The monoisotopic (exact) mass is 402 g/mol. The molecule has 1 aromatic heterocycles. The summed E-state index contributed by atoms with van der Waals surface area (Å²) in [6.45, 7) is 1.85. The summed E-state index contributed by atoms with van der Waals surface area (Å²) in [5.74, 6) is -0.334. The van der Waals surface area contributed by atoms with Crippen LogP contribution in [0.3, 0.4) is 0 Å². The average Bonchev–Trinajstić information content (AvgIpc) is 3.19. The Morgan fingerprint density at radius 2 is 1.71 bits per heavy atom. The molecule has 0 unspecified atom stereocenters. The third-order valence-electron chi connectivity index (χ3n) is 4.60. The van der Waals surface area contributed by atoms with Crippen LogP contribution >= 0.6 is 11.6 Å². The standard InChI is InChI=1S/C20H17ClF2N4O/c21-15-10-13(4-5-16(15)22)24-20(28)25-14-9-12-3-6-18(27-7-1-2-8-27)26-19(12)17(23)11-14/h3-6,9-11H,1-2,7-8H2,(H2,24,25,28). The first kappa shape index (κ1) is 18.4. The molecule has 2 heterocycles. The Bertz CT molecular complexity index is 1050. The van der Waals surface area contributed by atoms with Gasteiger partial charge in [-0.3, -0.25) is 0 Å². The number of carbonyl (C=O) groups excluding carboxylic acids is 1. The third kappa shape index (κ3) is 3.84. The van der Waals surface area contributed by atoms with E-state index >= 15 is 0 Å². The van der Waals surface area contributed by atoms with Crippen LogP contribution in [-0.4, -0.2) is 24.1 Å². The maximum Gasteiger partial charge on any atom is 0.323 e. The van der Waals surface area contributed by atoms with Gasteiger partial charge in [0.2, 0.25) is 0 Å². The number of pyridine rings is 1. The van der Waals surface area contributed by atoms with Gasteiger partial charge in [0, 0.05) is 29.9 Å². The molecule has 0 atom stereocenters. The van der Waals surface area contributed by atoms with Crippen molar-refractivity contribution in [2.45, 2.75) is 12.8 Å². The van der Waals surface area contributed by atoms with Gasteiger partial charge in [-0.2, -0.15) is 0 Å². The Hall–Kier alpha value is -2.93. The van der Waals surface area contributed by atoms with E-state index in [4.69, 9.17) is 11.6 Å². The molecule has 4 rings (SSSR count). The van der Waals surface area contributed by atoms with Crippen molar-refractivity contribution >= 4 is 45.7 Å². The molecule has 1 aliphatic heterocycles. The fourth-order valence-corrected chi connectivity index (χ4v) is 3.42. The van der Waals surface area contributed by atoms with Crippen molar-refractivity contribution < 1.29 is 13.6 Å². The number of urea groups is 1. The second-order valence-electron chi connectivity index (χ2n) is 6.60. The molecule has 2 N–H and O–H groups in total. The molecule has 28 heavy (non-hydrogen) atoms. The highest BCUT2D eigenvalue weighted by atomic mass is 35.5. The molecule has 2 aromatic carbocycles. The summed E-state index contributed by atoms with van der Waals surface area (Å²) < 4.78 is 27.8. The van der Waals surface area contributed by atoms with E-state index in [-0.39, 0.29) is 16.2 Å². The molecule has 3 aromatic rings. The number of amides is 2. The van der Waals surface area contributed by atoms with Gasteiger partial charge in [0.25, 0.3) is 0 Å². The molecule has 144 valence electrons. The van der Waals surface area contributed by atoms with Gasteiger partial charge < -0.3 is 15.5 Å². The summed E-state index contributed by atoms with van der Waals surface area (Å²) in [7, 11) is 0. The summed E-state index contributed by atoms with van der Waals surface area (Å²) in [4.78, 5) is 18.7. The van der Waals surface area contributed by atoms with Crippen molar-refractivity contribution in [2.75, 3.05) is 28.6 Å². The summed E-state index contributed by atoms with van der Waals surface area (Å²) >= 11 is 5.70. The van der Waals surface area contributed by atoms with Crippen LogP contribution in [0.15, 0.2) is 42.5 Å². The smallest absolute Gasteiger partial charge is 0.323 e. The van der Waals surface area contributed by atoms with Gasteiger partial charge in [-0.05, 0) is 55.3 Å². The number of carbonyl (C=O) groups is 1. The molecule has 1 saturated heterocycles. The molecule has 8 heteroatoms. The molecule has 0 radical (unpaired) electrons. The zero-order valence-corrected chi connectivity index (χ0v) is 15.6. The number of nitrogens with one attached hydrogen (secondary N) is 2. The topological polar surface area (TPSA) is 57.3 Å². The van der Waals surface area contributed by atoms with Gasteiger partial charge in [-0.15, -0.1) is 0 Å². The highest BCUT2D eigenvalue weighted by Crippen LogP contribution is 2.26. The SMILES string of the molecule is O=C(Nc1ccc(F)c(Cl)c1)Nc1cc(F)c2nc(N3CCCC3)ccc2c1. The number of hydrogen-bond acceptors (Lipinski definition) is 3. The van der Waals surface area contributed by atoms with Crippen molar-refractivity contribution in [3.63, 3.8) is 0 Å². The van der Waals surface area contributed by atoms with Crippen LogP contribution in [0.5, 0.6) is 0 Å². The Balaban J connectivity index is 1.52. The number of anilines is 3. The number of nitrogens with zero attached hydrogens (tertiary/aromatic N) is 2. The quantitative estimate of drug-likeness (QED) is 0.615.